The van der Waals surface area contributed by atoms with Gasteiger partial charge in [0.25, 0.3) is 5.91 Å². The molecule has 0 saturated heterocycles. The van der Waals surface area contributed by atoms with Gasteiger partial charge < -0.3 is 15.0 Å². The summed E-state index contributed by atoms with van der Waals surface area (Å²) in [5.74, 6) is -0.202. The number of aromatic nitrogens is 1. The van der Waals surface area contributed by atoms with E-state index in [1.807, 2.05) is 13.8 Å². The van der Waals surface area contributed by atoms with Crippen LogP contribution in [0.5, 0.6) is 0 Å². The van der Waals surface area contributed by atoms with Crippen LogP contribution >= 0.6 is 0 Å². The number of carbonyl (C=O) groups excluding carboxylic acids is 2. The van der Waals surface area contributed by atoms with Crippen LogP contribution in [0.4, 0.5) is 0 Å². The molecule has 106 valence electrons. The first-order valence-corrected chi connectivity index (χ1v) is 6.52. The molecule has 5 nitrogen and oxygen atoms in total. The molecule has 0 aromatic carbocycles. The molecule has 0 bridgehead atoms. The van der Waals surface area contributed by atoms with Crippen LogP contribution in [0.25, 0.3) is 0 Å². The van der Waals surface area contributed by atoms with Crippen LogP contribution in [0.15, 0.2) is 0 Å². The predicted molar refractivity (Wildman–Crippen MR) is 73.4 cm³/mol. The van der Waals surface area contributed by atoms with Crippen molar-refractivity contribution in [1.82, 2.24) is 10.3 Å². The average molecular weight is 266 g/mol. The minimum Gasteiger partial charge on any atom is -0.462 e. The lowest BCUT2D eigenvalue weighted by atomic mass is 10.1. The Morgan fingerprint density at radius 3 is 2.47 bits per heavy atom. The molecule has 0 unspecified atom stereocenters. The first kappa shape index (κ1) is 15.3. The minimum atomic E-state index is -0.392. The zero-order chi connectivity index (χ0) is 14.6. The van der Waals surface area contributed by atoms with Gasteiger partial charge in [-0.1, -0.05) is 13.8 Å². The molecule has 5 heteroatoms. The third-order valence-corrected chi connectivity index (χ3v) is 2.81. The maximum absolute atomic E-state index is 12.0. The number of ether oxygens (including phenoxy) is 1. The summed E-state index contributed by atoms with van der Waals surface area (Å²) in [6, 6.07) is 0. The van der Waals surface area contributed by atoms with Crippen molar-refractivity contribution < 1.29 is 14.3 Å². The largest absolute Gasteiger partial charge is 0.462 e. The van der Waals surface area contributed by atoms with Crippen molar-refractivity contribution in [2.75, 3.05) is 13.2 Å². The van der Waals surface area contributed by atoms with Crippen LogP contribution in [-0.4, -0.2) is 30.0 Å². The van der Waals surface area contributed by atoms with E-state index in [0.717, 1.165) is 0 Å². The Morgan fingerprint density at radius 1 is 1.32 bits per heavy atom. The number of aryl methyl sites for hydroxylation is 1. The van der Waals surface area contributed by atoms with Gasteiger partial charge in [0, 0.05) is 12.2 Å². The Labute approximate surface area is 113 Å². The quantitative estimate of drug-likeness (QED) is 0.802. The number of H-pyrrole nitrogens is 1. The van der Waals surface area contributed by atoms with Gasteiger partial charge in [0.15, 0.2) is 0 Å². The molecule has 0 aliphatic rings. The molecule has 0 spiro atoms. The number of amides is 1. The summed E-state index contributed by atoms with van der Waals surface area (Å²) in [7, 11) is 0. The molecule has 0 atom stereocenters. The van der Waals surface area contributed by atoms with Crippen molar-refractivity contribution in [3.05, 3.63) is 22.5 Å². The van der Waals surface area contributed by atoms with Crippen LogP contribution < -0.4 is 5.32 Å². The van der Waals surface area contributed by atoms with Gasteiger partial charge in [-0.05, 0) is 32.3 Å². The maximum atomic E-state index is 12.0. The lowest BCUT2D eigenvalue weighted by molar-refractivity contribution is 0.0525. The highest BCUT2D eigenvalue weighted by Gasteiger charge is 2.22. The first-order valence-electron chi connectivity index (χ1n) is 6.52. The van der Waals surface area contributed by atoms with E-state index in [4.69, 9.17) is 4.74 Å². The second kappa shape index (κ2) is 6.41. The average Bonchev–Trinajstić information content (AvgIpc) is 2.62. The Bertz CT molecular complexity index is 475. The van der Waals surface area contributed by atoms with Crippen molar-refractivity contribution in [3.63, 3.8) is 0 Å². The third-order valence-electron chi connectivity index (χ3n) is 2.81. The Kier molecular flexibility index (Phi) is 5.15. The molecule has 1 heterocycles. The smallest absolute Gasteiger partial charge is 0.340 e. The van der Waals surface area contributed by atoms with E-state index in [9.17, 15) is 9.59 Å². The van der Waals surface area contributed by atoms with E-state index < -0.39 is 5.97 Å². The minimum absolute atomic E-state index is 0.190. The highest BCUT2D eigenvalue weighted by molar-refractivity contribution is 6.00. The summed E-state index contributed by atoms with van der Waals surface area (Å²) in [6.45, 7) is 10.2. The van der Waals surface area contributed by atoms with Crippen molar-refractivity contribution in [3.8, 4) is 0 Å². The normalized spacial score (nSPS) is 10.6. The standard InChI is InChI=1S/C14H22N2O3/c1-6-19-14(18)11-9(4)12(16-10(11)5)13(17)15-7-8(2)3/h8,16H,6-7H2,1-5H3,(H,15,17). The van der Waals surface area contributed by atoms with E-state index in [0.29, 0.717) is 41.6 Å². The Morgan fingerprint density at radius 2 is 1.95 bits per heavy atom. The summed E-state index contributed by atoms with van der Waals surface area (Å²) in [5, 5.41) is 2.83. The van der Waals surface area contributed by atoms with E-state index in [1.165, 1.54) is 0 Å². The van der Waals surface area contributed by atoms with Gasteiger partial charge in [0.1, 0.15) is 5.69 Å². The molecule has 1 aromatic heterocycles. The number of esters is 1. The predicted octanol–water partition coefficient (Wildman–Crippen LogP) is 2.19. The van der Waals surface area contributed by atoms with Crippen LogP contribution in [-0.2, 0) is 4.74 Å². The zero-order valence-corrected chi connectivity index (χ0v) is 12.2. The van der Waals surface area contributed by atoms with Crippen molar-refractivity contribution >= 4 is 11.9 Å². The van der Waals surface area contributed by atoms with Crippen LogP contribution in [0.3, 0.4) is 0 Å². The van der Waals surface area contributed by atoms with E-state index in [-0.39, 0.29) is 5.91 Å². The SMILES string of the molecule is CCOC(=O)c1c(C)[nH]c(C(=O)NCC(C)C)c1C. The first-order chi connectivity index (χ1) is 8.88. The highest BCUT2D eigenvalue weighted by atomic mass is 16.5. The van der Waals surface area contributed by atoms with E-state index in [2.05, 4.69) is 10.3 Å². The monoisotopic (exact) mass is 266 g/mol. The number of hydrogen-bond acceptors (Lipinski definition) is 3. The highest BCUT2D eigenvalue weighted by Crippen LogP contribution is 2.19. The van der Waals surface area contributed by atoms with Gasteiger partial charge >= 0.3 is 5.97 Å². The zero-order valence-electron chi connectivity index (χ0n) is 12.2. The molecule has 0 aliphatic heterocycles. The molecule has 1 amide bonds. The molecule has 1 rings (SSSR count). The molecule has 1 aromatic rings. The summed E-state index contributed by atoms with van der Waals surface area (Å²) >= 11 is 0. The van der Waals surface area contributed by atoms with Gasteiger partial charge in [-0.3, -0.25) is 4.79 Å². The van der Waals surface area contributed by atoms with Gasteiger partial charge in [-0.2, -0.15) is 0 Å². The number of aromatic amines is 1. The van der Waals surface area contributed by atoms with Gasteiger partial charge in [-0.25, -0.2) is 4.79 Å². The van der Waals surface area contributed by atoms with Gasteiger partial charge in [0.2, 0.25) is 0 Å². The fraction of sp³-hybridized carbons (Fsp3) is 0.571. The summed E-state index contributed by atoms with van der Waals surface area (Å²) in [5.41, 5.74) is 2.18. The summed E-state index contributed by atoms with van der Waals surface area (Å²) < 4.78 is 4.99. The lowest BCUT2D eigenvalue weighted by Gasteiger charge is -2.07. The summed E-state index contributed by atoms with van der Waals surface area (Å²) in [4.78, 5) is 26.8. The fourth-order valence-electron chi connectivity index (χ4n) is 1.87. The van der Waals surface area contributed by atoms with E-state index >= 15 is 0 Å². The van der Waals surface area contributed by atoms with Crippen LogP contribution in [0.1, 0.15) is 52.9 Å². The summed E-state index contributed by atoms with van der Waals surface area (Å²) in [6.07, 6.45) is 0. The van der Waals surface area contributed by atoms with Crippen LogP contribution in [0.2, 0.25) is 0 Å². The molecular weight excluding hydrogens is 244 g/mol. The number of nitrogens with one attached hydrogen (secondary N) is 2. The van der Waals surface area contributed by atoms with E-state index in [1.54, 1.807) is 20.8 Å². The molecule has 2 N–H and O–H groups in total. The molecule has 0 aliphatic carbocycles. The maximum Gasteiger partial charge on any atom is 0.340 e. The number of carbonyl (C=O) groups is 2. The van der Waals surface area contributed by atoms with Gasteiger partial charge in [0.05, 0.1) is 12.2 Å². The topological polar surface area (TPSA) is 71.2 Å². The lowest BCUT2D eigenvalue weighted by Crippen LogP contribution is -2.28. The second-order valence-electron chi connectivity index (χ2n) is 4.95. The third kappa shape index (κ3) is 3.59. The Hall–Kier alpha value is -1.78. The molecule has 0 fully saturated rings. The molecule has 19 heavy (non-hydrogen) atoms. The number of hydrogen-bond donors (Lipinski definition) is 2. The molecule has 0 saturated carbocycles. The second-order valence-corrected chi connectivity index (χ2v) is 4.95. The molecule has 0 radical (unpaired) electrons. The van der Waals surface area contributed by atoms with Gasteiger partial charge in [-0.15, -0.1) is 0 Å². The van der Waals surface area contributed by atoms with Crippen molar-refractivity contribution in [2.45, 2.75) is 34.6 Å². The van der Waals surface area contributed by atoms with Crippen LogP contribution in [0, 0.1) is 19.8 Å². The fourth-order valence-corrected chi connectivity index (χ4v) is 1.87. The molecular formula is C14H22N2O3. The van der Waals surface area contributed by atoms with Crippen molar-refractivity contribution in [1.29, 1.82) is 0 Å². The van der Waals surface area contributed by atoms with Crippen molar-refractivity contribution in [2.24, 2.45) is 5.92 Å². The number of rotatable bonds is 5. The Balaban J connectivity index is 2.96.